The lowest BCUT2D eigenvalue weighted by Crippen LogP contribution is -2.21. The molecular weight excluding hydrogens is 585 g/mol. The van der Waals surface area contributed by atoms with E-state index in [0.717, 1.165) is 75.8 Å². The zero-order valence-corrected chi connectivity index (χ0v) is 25.4. The Morgan fingerprint density at radius 3 is 2.44 bits per heavy atom. The maximum atomic E-state index is 11.4. The van der Waals surface area contributed by atoms with E-state index in [9.17, 15) is 9.90 Å². The summed E-state index contributed by atoms with van der Waals surface area (Å²) in [6.45, 7) is 2.67. The molecule has 43 heavy (non-hydrogen) atoms. The van der Waals surface area contributed by atoms with Crippen molar-refractivity contribution in [2.24, 2.45) is 0 Å². The monoisotopic (exact) mass is 615 g/mol. The highest BCUT2D eigenvalue weighted by Gasteiger charge is 2.22. The minimum atomic E-state index is -0.264. The number of hydrogen-bond donors (Lipinski definition) is 1. The van der Waals surface area contributed by atoms with E-state index in [4.69, 9.17) is 32.7 Å². The SMILES string of the molecule is COc1cc(Cn2ncc3c(-c4cccc(-c5ccc(CN6CC[C@@H](O)C6)c(OC)c5)c4Cl)cccc32)c(Cl)cc1C=O. The molecule has 7 nitrogen and oxygen atoms in total. The maximum absolute atomic E-state index is 11.4. The molecular formula is C34H31Cl2N3O4. The maximum Gasteiger partial charge on any atom is 0.153 e. The number of aromatic nitrogens is 2. The van der Waals surface area contributed by atoms with Gasteiger partial charge in [0.05, 0.1) is 49.2 Å². The predicted octanol–water partition coefficient (Wildman–Crippen LogP) is 7.12. The van der Waals surface area contributed by atoms with Gasteiger partial charge in [-0.2, -0.15) is 5.10 Å². The third-order valence-electron chi connectivity index (χ3n) is 8.06. The first-order valence-electron chi connectivity index (χ1n) is 14.0. The van der Waals surface area contributed by atoms with Crippen molar-refractivity contribution in [1.82, 2.24) is 14.7 Å². The van der Waals surface area contributed by atoms with Crippen molar-refractivity contribution in [3.8, 4) is 33.8 Å². The molecule has 0 unspecified atom stereocenters. The van der Waals surface area contributed by atoms with E-state index in [-0.39, 0.29) is 6.10 Å². The summed E-state index contributed by atoms with van der Waals surface area (Å²) in [4.78, 5) is 13.6. The number of aldehydes is 1. The average molecular weight is 617 g/mol. The number of carbonyl (C=O) groups is 1. The minimum Gasteiger partial charge on any atom is -0.496 e. The van der Waals surface area contributed by atoms with Crippen molar-refractivity contribution in [3.05, 3.63) is 99.7 Å². The van der Waals surface area contributed by atoms with E-state index in [1.165, 1.54) is 7.11 Å². The lowest BCUT2D eigenvalue weighted by atomic mass is 9.96. The number of methoxy groups -OCH3 is 2. The van der Waals surface area contributed by atoms with Crippen molar-refractivity contribution in [2.45, 2.75) is 25.6 Å². The van der Waals surface area contributed by atoms with Gasteiger partial charge in [0.25, 0.3) is 0 Å². The molecule has 6 rings (SSSR count). The van der Waals surface area contributed by atoms with Crippen LogP contribution in [-0.4, -0.2) is 59.5 Å². The zero-order valence-electron chi connectivity index (χ0n) is 23.9. The second-order valence-electron chi connectivity index (χ2n) is 10.7. The molecule has 0 radical (unpaired) electrons. The highest BCUT2D eigenvalue weighted by molar-refractivity contribution is 6.36. The number of halogens is 2. The van der Waals surface area contributed by atoms with Crippen LogP contribution in [0.3, 0.4) is 0 Å². The fourth-order valence-corrected chi connectivity index (χ4v) is 6.40. The summed E-state index contributed by atoms with van der Waals surface area (Å²) < 4.78 is 13.0. The first kappa shape index (κ1) is 29.2. The van der Waals surface area contributed by atoms with Gasteiger partial charge in [0, 0.05) is 46.7 Å². The van der Waals surface area contributed by atoms with Gasteiger partial charge in [-0.1, -0.05) is 65.7 Å². The molecule has 220 valence electrons. The van der Waals surface area contributed by atoms with E-state index < -0.39 is 0 Å². The lowest BCUT2D eigenvalue weighted by Gasteiger charge is -2.18. The zero-order chi connectivity index (χ0) is 30.1. The third-order valence-corrected chi connectivity index (χ3v) is 8.82. The smallest absolute Gasteiger partial charge is 0.153 e. The van der Waals surface area contributed by atoms with Crippen LogP contribution in [-0.2, 0) is 13.1 Å². The molecule has 0 aliphatic carbocycles. The molecule has 1 aliphatic heterocycles. The van der Waals surface area contributed by atoms with Crippen molar-refractivity contribution >= 4 is 40.4 Å². The summed E-state index contributed by atoms with van der Waals surface area (Å²) in [5.41, 5.74) is 6.91. The van der Waals surface area contributed by atoms with Crippen LogP contribution in [0.5, 0.6) is 11.5 Å². The largest absolute Gasteiger partial charge is 0.496 e. The summed E-state index contributed by atoms with van der Waals surface area (Å²) in [7, 11) is 3.20. The number of β-amino-alcohol motifs (C(OH)–C–C–N with tert-alkyl or cyclic N) is 1. The van der Waals surface area contributed by atoms with Gasteiger partial charge in [0.1, 0.15) is 11.5 Å². The molecule has 2 heterocycles. The summed E-state index contributed by atoms with van der Waals surface area (Å²) in [6, 6.07) is 21.6. The molecule has 1 fully saturated rings. The van der Waals surface area contributed by atoms with Crippen LogP contribution in [0.25, 0.3) is 33.2 Å². The van der Waals surface area contributed by atoms with Crippen LogP contribution >= 0.6 is 23.2 Å². The van der Waals surface area contributed by atoms with E-state index in [1.807, 2.05) is 53.3 Å². The van der Waals surface area contributed by atoms with Crippen LogP contribution in [0.2, 0.25) is 10.0 Å². The number of aliphatic hydroxyl groups is 1. The van der Waals surface area contributed by atoms with E-state index in [1.54, 1.807) is 19.2 Å². The molecule has 1 N–H and O–H groups in total. The Balaban J connectivity index is 1.34. The second-order valence-corrected chi connectivity index (χ2v) is 11.5. The van der Waals surface area contributed by atoms with Gasteiger partial charge in [-0.3, -0.25) is 14.4 Å². The minimum absolute atomic E-state index is 0.264. The summed E-state index contributed by atoms with van der Waals surface area (Å²) in [6.07, 6.45) is 3.10. The number of rotatable bonds is 9. The van der Waals surface area contributed by atoms with Crippen molar-refractivity contribution in [3.63, 3.8) is 0 Å². The van der Waals surface area contributed by atoms with Crippen LogP contribution in [0, 0.1) is 0 Å². The van der Waals surface area contributed by atoms with Gasteiger partial charge in [-0.25, -0.2) is 0 Å². The van der Waals surface area contributed by atoms with Crippen LogP contribution in [0.15, 0.2) is 72.9 Å². The first-order chi connectivity index (χ1) is 20.9. The number of benzene rings is 4. The van der Waals surface area contributed by atoms with Crippen LogP contribution in [0.1, 0.15) is 27.9 Å². The lowest BCUT2D eigenvalue weighted by molar-refractivity contribution is 0.112. The number of likely N-dealkylation sites (tertiary alicyclic amines) is 1. The van der Waals surface area contributed by atoms with Gasteiger partial charge in [-0.15, -0.1) is 0 Å². The summed E-state index contributed by atoms with van der Waals surface area (Å²) in [5, 5.41) is 16.6. The van der Waals surface area contributed by atoms with Crippen molar-refractivity contribution in [1.29, 1.82) is 0 Å². The topological polar surface area (TPSA) is 76.8 Å². The van der Waals surface area contributed by atoms with E-state index in [2.05, 4.69) is 22.1 Å². The number of carbonyl (C=O) groups excluding carboxylic acids is 1. The number of hydrogen-bond acceptors (Lipinski definition) is 6. The Kier molecular flexibility index (Phi) is 8.41. The quantitative estimate of drug-likeness (QED) is 0.178. The average Bonchev–Trinajstić information content (AvgIpc) is 3.63. The van der Waals surface area contributed by atoms with Gasteiger partial charge in [0.15, 0.2) is 6.29 Å². The second kappa shape index (κ2) is 12.4. The Morgan fingerprint density at radius 2 is 1.70 bits per heavy atom. The molecule has 0 bridgehead atoms. The molecule has 4 aromatic carbocycles. The van der Waals surface area contributed by atoms with E-state index in [0.29, 0.717) is 34.4 Å². The first-order valence-corrected chi connectivity index (χ1v) is 14.8. The fraction of sp³-hybridized carbons (Fsp3) is 0.235. The third kappa shape index (κ3) is 5.74. The van der Waals surface area contributed by atoms with Gasteiger partial charge < -0.3 is 14.6 Å². The molecule has 9 heteroatoms. The predicted molar refractivity (Wildman–Crippen MR) is 171 cm³/mol. The fourth-order valence-electron chi connectivity index (χ4n) is 5.83. The molecule has 0 amide bonds. The molecule has 0 saturated carbocycles. The van der Waals surface area contributed by atoms with Crippen LogP contribution in [0.4, 0.5) is 0 Å². The highest BCUT2D eigenvalue weighted by atomic mass is 35.5. The Hall–Kier alpha value is -3.88. The van der Waals surface area contributed by atoms with Crippen LogP contribution < -0.4 is 9.47 Å². The number of aliphatic hydroxyl groups excluding tert-OH is 1. The molecule has 1 aliphatic rings. The van der Waals surface area contributed by atoms with Gasteiger partial charge in [-0.05, 0) is 47.4 Å². The number of nitrogens with zero attached hydrogens (tertiary/aromatic N) is 3. The Labute approximate surface area is 260 Å². The highest BCUT2D eigenvalue weighted by Crippen LogP contribution is 2.40. The standard InChI is InChI=1S/C34H31Cl2N3O4/c1-42-32-14-21(9-10-22(32)17-38-12-11-25(41)19-38)26-5-3-7-28(34(26)36)27-6-4-8-31-29(27)16-37-39(31)18-23-15-33(43-2)24(20-40)13-30(23)35/h3-10,13-16,20,25,41H,11-12,17-19H2,1-2H3/t25-/m1/s1. The van der Waals surface area contributed by atoms with Gasteiger partial charge >= 0.3 is 0 Å². The van der Waals surface area contributed by atoms with E-state index >= 15 is 0 Å². The van der Waals surface area contributed by atoms with Gasteiger partial charge in [0.2, 0.25) is 0 Å². The Bertz CT molecular complexity index is 1820. The summed E-state index contributed by atoms with van der Waals surface area (Å²) in [5.74, 6) is 1.26. The number of ether oxygens (including phenoxy) is 2. The normalized spacial score (nSPS) is 15.2. The molecule has 0 spiro atoms. The molecule has 1 atom stereocenters. The molecule has 5 aromatic rings. The van der Waals surface area contributed by atoms with Crippen molar-refractivity contribution in [2.75, 3.05) is 27.3 Å². The summed E-state index contributed by atoms with van der Waals surface area (Å²) >= 11 is 13.6. The van der Waals surface area contributed by atoms with Crippen molar-refractivity contribution < 1.29 is 19.4 Å². The Morgan fingerprint density at radius 1 is 0.930 bits per heavy atom. The molecule has 1 aromatic heterocycles. The molecule has 1 saturated heterocycles. The number of fused-ring (bicyclic) bond motifs is 1.